The third-order valence-corrected chi connectivity index (χ3v) is 5.34. The number of nitrogens with one attached hydrogen (secondary N) is 1. The lowest BCUT2D eigenvalue weighted by molar-refractivity contribution is 0.208. The Morgan fingerprint density at radius 1 is 1.03 bits per heavy atom. The minimum Gasteiger partial charge on any atom is -0.353 e. The summed E-state index contributed by atoms with van der Waals surface area (Å²) in [6.07, 6.45) is 3.55. The first-order valence-electron chi connectivity index (χ1n) is 10.4. The van der Waals surface area contributed by atoms with Crippen LogP contribution >= 0.6 is 0 Å². The van der Waals surface area contributed by atoms with Crippen molar-refractivity contribution in [2.45, 2.75) is 20.4 Å². The number of rotatable bonds is 4. The maximum absolute atomic E-state index is 13.0. The molecule has 2 aromatic heterocycles. The van der Waals surface area contributed by atoms with E-state index in [2.05, 4.69) is 29.0 Å². The van der Waals surface area contributed by atoms with Crippen molar-refractivity contribution in [1.29, 1.82) is 0 Å². The summed E-state index contributed by atoms with van der Waals surface area (Å²) in [4.78, 5) is 34.2. The Morgan fingerprint density at radius 2 is 1.73 bits per heavy atom. The van der Waals surface area contributed by atoms with Gasteiger partial charge in [-0.3, -0.25) is 4.79 Å². The first-order valence-corrected chi connectivity index (χ1v) is 10.4. The maximum Gasteiger partial charge on any atom is 0.322 e. The van der Waals surface area contributed by atoms with Crippen LogP contribution in [0.1, 0.15) is 13.8 Å². The molecule has 0 atom stereocenters. The summed E-state index contributed by atoms with van der Waals surface area (Å²) >= 11 is 0. The van der Waals surface area contributed by atoms with Crippen LogP contribution in [0, 0.1) is 5.92 Å². The standard InChI is InChI=1S/C23H27N5O2/c1-17(2)15-28-16-20(18-7-3-4-8-19(18)22(28)29)25-23(30)27-13-11-26(12-14-27)21-9-5-6-10-24-21/h3-10,16-17H,11-15H2,1-2H3,(H,25,30). The van der Waals surface area contributed by atoms with Crippen LogP contribution in [-0.2, 0) is 6.54 Å². The third-order valence-electron chi connectivity index (χ3n) is 5.34. The summed E-state index contributed by atoms with van der Waals surface area (Å²) in [6.45, 7) is 7.45. The fraction of sp³-hybridized carbons (Fsp3) is 0.348. The predicted octanol–water partition coefficient (Wildman–Crippen LogP) is 3.41. The zero-order chi connectivity index (χ0) is 21.1. The van der Waals surface area contributed by atoms with E-state index in [-0.39, 0.29) is 11.6 Å². The summed E-state index contributed by atoms with van der Waals surface area (Å²) in [5.74, 6) is 1.26. The molecule has 1 aliphatic rings. The Kier molecular flexibility index (Phi) is 5.70. The molecule has 1 N–H and O–H groups in total. The normalized spacial score (nSPS) is 14.4. The van der Waals surface area contributed by atoms with E-state index in [9.17, 15) is 9.59 Å². The van der Waals surface area contributed by atoms with E-state index in [0.29, 0.717) is 36.6 Å². The summed E-state index contributed by atoms with van der Waals surface area (Å²) < 4.78 is 1.70. The number of piperazine rings is 1. The Balaban J connectivity index is 1.52. The highest BCUT2D eigenvalue weighted by molar-refractivity contribution is 6.01. The van der Waals surface area contributed by atoms with Crippen molar-refractivity contribution in [3.05, 3.63) is 65.2 Å². The van der Waals surface area contributed by atoms with Crippen molar-refractivity contribution >= 4 is 28.3 Å². The summed E-state index contributed by atoms with van der Waals surface area (Å²) in [5, 5.41) is 4.43. The molecule has 0 aliphatic carbocycles. The number of hydrogen-bond donors (Lipinski definition) is 1. The highest BCUT2D eigenvalue weighted by atomic mass is 16.2. The van der Waals surface area contributed by atoms with Crippen molar-refractivity contribution in [2.75, 3.05) is 36.4 Å². The number of urea groups is 1. The molecule has 0 unspecified atom stereocenters. The molecule has 7 nitrogen and oxygen atoms in total. The van der Waals surface area contributed by atoms with Crippen molar-refractivity contribution < 1.29 is 4.79 Å². The molecule has 0 saturated carbocycles. The van der Waals surface area contributed by atoms with Gasteiger partial charge in [-0.2, -0.15) is 0 Å². The number of amides is 2. The van der Waals surface area contributed by atoms with E-state index in [4.69, 9.17) is 0 Å². The van der Waals surface area contributed by atoms with Crippen LogP contribution in [0.2, 0.25) is 0 Å². The van der Waals surface area contributed by atoms with Crippen molar-refractivity contribution in [2.24, 2.45) is 5.92 Å². The topological polar surface area (TPSA) is 70.5 Å². The average Bonchev–Trinajstić information content (AvgIpc) is 2.77. The van der Waals surface area contributed by atoms with Crippen LogP contribution in [0.5, 0.6) is 0 Å². The smallest absolute Gasteiger partial charge is 0.322 e. The molecule has 2 amide bonds. The molecular weight excluding hydrogens is 378 g/mol. The largest absolute Gasteiger partial charge is 0.353 e. The predicted molar refractivity (Wildman–Crippen MR) is 120 cm³/mol. The minimum atomic E-state index is -0.143. The van der Waals surface area contributed by atoms with E-state index in [1.807, 2.05) is 47.4 Å². The molecule has 1 aliphatic heterocycles. The summed E-state index contributed by atoms with van der Waals surface area (Å²) in [7, 11) is 0. The van der Waals surface area contributed by atoms with Gasteiger partial charge in [0, 0.05) is 55.9 Å². The molecule has 0 bridgehead atoms. The van der Waals surface area contributed by atoms with E-state index < -0.39 is 0 Å². The van der Waals surface area contributed by atoms with Crippen LogP contribution in [0.4, 0.5) is 16.3 Å². The van der Waals surface area contributed by atoms with Crippen LogP contribution in [0.15, 0.2) is 59.7 Å². The molecule has 1 fully saturated rings. The van der Waals surface area contributed by atoms with Gasteiger partial charge < -0.3 is 19.7 Å². The Labute approximate surface area is 175 Å². The number of aromatic nitrogens is 2. The molecule has 1 saturated heterocycles. The van der Waals surface area contributed by atoms with E-state index in [1.54, 1.807) is 17.0 Å². The second-order valence-electron chi connectivity index (χ2n) is 8.03. The van der Waals surface area contributed by atoms with Gasteiger partial charge in [-0.15, -0.1) is 0 Å². The Hall–Kier alpha value is -3.35. The van der Waals surface area contributed by atoms with Gasteiger partial charge in [0.25, 0.3) is 5.56 Å². The number of nitrogens with zero attached hydrogens (tertiary/aromatic N) is 4. The van der Waals surface area contributed by atoms with Gasteiger partial charge in [0.15, 0.2) is 0 Å². The SMILES string of the molecule is CC(C)Cn1cc(NC(=O)N2CCN(c3ccccn3)CC2)c2ccccc2c1=O. The number of fused-ring (bicyclic) bond motifs is 1. The van der Waals surface area contributed by atoms with E-state index in [0.717, 1.165) is 24.3 Å². The van der Waals surface area contributed by atoms with Gasteiger partial charge in [-0.25, -0.2) is 9.78 Å². The number of pyridine rings is 2. The lowest BCUT2D eigenvalue weighted by Gasteiger charge is -2.35. The number of hydrogen-bond acceptors (Lipinski definition) is 4. The molecule has 3 aromatic rings. The molecule has 7 heteroatoms. The monoisotopic (exact) mass is 405 g/mol. The molecule has 156 valence electrons. The molecule has 4 rings (SSSR count). The Morgan fingerprint density at radius 3 is 2.40 bits per heavy atom. The van der Waals surface area contributed by atoms with Gasteiger partial charge in [0.1, 0.15) is 5.82 Å². The van der Waals surface area contributed by atoms with Gasteiger partial charge in [-0.1, -0.05) is 38.1 Å². The van der Waals surface area contributed by atoms with Gasteiger partial charge in [0.2, 0.25) is 0 Å². The van der Waals surface area contributed by atoms with E-state index in [1.165, 1.54) is 0 Å². The quantitative estimate of drug-likeness (QED) is 0.722. The first-order chi connectivity index (χ1) is 14.5. The lowest BCUT2D eigenvalue weighted by Crippen LogP contribution is -2.50. The highest BCUT2D eigenvalue weighted by Gasteiger charge is 2.22. The molecule has 1 aromatic carbocycles. The zero-order valence-electron chi connectivity index (χ0n) is 17.4. The fourth-order valence-electron chi connectivity index (χ4n) is 3.85. The van der Waals surface area contributed by atoms with Gasteiger partial charge in [0.05, 0.1) is 5.69 Å². The maximum atomic E-state index is 13.0. The lowest BCUT2D eigenvalue weighted by atomic mass is 10.1. The highest BCUT2D eigenvalue weighted by Crippen LogP contribution is 2.22. The zero-order valence-corrected chi connectivity index (χ0v) is 17.4. The molecule has 3 heterocycles. The van der Waals surface area contributed by atoms with Gasteiger partial charge >= 0.3 is 6.03 Å². The number of benzene rings is 1. The summed E-state index contributed by atoms with van der Waals surface area (Å²) in [5.41, 5.74) is 0.643. The number of anilines is 2. The van der Waals surface area contributed by atoms with Crippen LogP contribution in [0.25, 0.3) is 10.8 Å². The number of carbonyl (C=O) groups excluding carboxylic acids is 1. The van der Waals surface area contributed by atoms with Crippen LogP contribution in [0.3, 0.4) is 0 Å². The second-order valence-corrected chi connectivity index (χ2v) is 8.03. The first kappa shape index (κ1) is 19.9. The van der Waals surface area contributed by atoms with Gasteiger partial charge in [-0.05, 0) is 24.1 Å². The minimum absolute atomic E-state index is 0.0266. The summed E-state index contributed by atoms with van der Waals surface area (Å²) in [6, 6.07) is 13.1. The third kappa shape index (κ3) is 4.15. The molecule has 0 spiro atoms. The molecule has 30 heavy (non-hydrogen) atoms. The van der Waals surface area contributed by atoms with Crippen LogP contribution < -0.4 is 15.8 Å². The molecule has 0 radical (unpaired) electrons. The van der Waals surface area contributed by atoms with Crippen molar-refractivity contribution in [1.82, 2.24) is 14.5 Å². The van der Waals surface area contributed by atoms with Crippen molar-refractivity contribution in [3.8, 4) is 0 Å². The fourth-order valence-corrected chi connectivity index (χ4v) is 3.85. The van der Waals surface area contributed by atoms with Crippen LogP contribution in [-0.4, -0.2) is 46.7 Å². The second kappa shape index (κ2) is 8.57. The molecular formula is C23H27N5O2. The van der Waals surface area contributed by atoms with E-state index >= 15 is 0 Å². The average molecular weight is 406 g/mol. The number of carbonyl (C=O) groups is 1. The Bertz CT molecular complexity index is 1090. The van der Waals surface area contributed by atoms with Crippen molar-refractivity contribution in [3.63, 3.8) is 0 Å².